The van der Waals surface area contributed by atoms with Crippen molar-refractivity contribution >= 4 is 16.9 Å². The highest BCUT2D eigenvalue weighted by molar-refractivity contribution is 5.80. The lowest BCUT2D eigenvalue weighted by Gasteiger charge is -2.40. The fourth-order valence-electron chi connectivity index (χ4n) is 3.34. The Balaban J connectivity index is 1.90. The van der Waals surface area contributed by atoms with Gasteiger partial charge in [0.2, 0.25) is 0 Å². The van der Waals surface area contributed by atoms with Gasteiger partial charge in [-0.1, -0.05) is 0 Å². The molecule has 1 saturated heterocycles. The van der Waals surface area contributed by atoms with E-state index in [0.29, 0.717) is 0 Å². The molecule has 3 heterocycles. The zero-order chi connectivity index (χ0) is 20.9. The predicted octanol–water partition coefficient (Wildman–Crippen LogP) is 0.316. The number of hydrogen-bond donors (Lipinski definition) is 4. The Labute approximate surface area is 161 Å². The van der Waals surface area contributed by atoms with Crippen molar-refractivity contribution in [3.8, 4) is 11.6 Å². The second-order valence-electron chi connectivity index (χ2n) is 6.55. The molecule has 3 aromatic rings. The molecule has 0 bridgehead atoms. The zero-order valence-electron chi connectivity index (χ0n) is 14.6. The van der Waals surface area contributed by atoms with E-state index in [4.69, 9.17) is 9.15 Å². The third-order valence-corrected chi connectivity index (χ3v) is 4.77. The highest BCUT2D eigenvalue weighted by Crippen LogP contribution is 2.37. The number of aromatic nitrogens is 2. The Kier molecular flexibility index (Phi) is 4.80. The van der Waals surface area contributed by atoms with Crippen molar-refractivity contribution in [2.24, 2.45) is 0 Å². The first kappa shape index (κ1) is 19.4. The number of aliphatic hydroxyl groups is 4. The van der Waals surface area contributed by atoms with Gasteiger partial charge in [-0.15, -0.1) is 0 Å². The summed E-state index contributed by atoms with van der Waals surface area (Å²) in [6.07, 6.45) is -7.46. The van der Waals surface area contributed by atoms with E-state index in [-0.39, 0.29) is 22.6 Å². The molecule has 0 unspecified atom stereocenters. The van der Waals surface area contributed by atoms with Crippen molar-refractivity contribution in [1.82, 2.24) is 9.55 Å². The van der Waals surface area contributed by atoms with Gasteiger partial charge in [0.05, 0.1) is 23.7 Å². The molecule has 1 aromatic carbocycles. The molecule has 0 spiro atoms. The summed E-state index contributed by atoms with van der Waals surface area (Å²) in [5.74, 6) is -1.25. The number of ether oxygens (including phenoxy) is 1. The van der Waals surface area contributed by atoms with Crippen LogP contribution in [0.4, 0.5) is 10.3 Å². The van der Waals surface area contributed by atoms with Gasteiger partial charge in [-0.05, 0) is 18.2 Å². The maximum absolute atomic E-state index is 13.7. The van der Waals surface area contributed by atoms with Gasteiger partial charge >= 0.3 is 5.88 Å². The Morgan fingerprint density at radius 3 is 2.59 bits per heavy atom. The average molecular weight is 409 g/mol. The molecule has 11 nitrogen and oxygen atoms in total. The second kappa shape index (κ2) is 7.17. The van der Waals surface area contributed by atoms with Gasteiger partial charge in [-0.25, -0.2) is 9.37 Å². The number of aliphatic hydroxyl groups excluding tert-OH is 4. The van der Waals surface area contributed by atoms with E-state index in [0.717, 1.165) is 18.2 Å². The van der Waals surface area contributed by atoms with Crippen LogP contribution in [0.1, 0.15) is 6.23 Å². The smallest absolute Gasteiger partial charge is 0.397 e. The SMILES string of the molecule is O=[N+]([O-])c1ccc(-c2nc3cc(F)ccc3n2[C@@H]2O[C@@H](CO)[C@@H](O)[C@@H](O)[C@@H]2O)o1. The van der Waals surface area contributed by atoms with Gasteiger partial charge in [0.1, 0.15) is 35.2 Å². The fraction of sp³-hybridized carbons (Fsp3) is 0.353. The van der Waals surface area contributed by atoms with Gasteiger partial charge in [-0.2, -0.15) is 0 Å². The van der Waals surface area contributed by atoms with E-state index in [1.54, 1.807) is 0 Å². The Morgan fingerprint density at radius 2 is 1.93 bits per heavy atom. The van der Waals surface area contributed by atoms with Crippen LogP contribution in [0.3, 0.4) is 0 Å². The maximum Gasteiger partial charge on any atom is 0.433 e. The number of imidazole rings is 1. The van der Waals surface area contributed by atoms with E-state index in [1.807, 2.05) is 0 Å². The van der Waals surface area contributed by atoms with Crippen LogP contribution in [-0.2, 0) is 4.74 Å². The minimum absolute atomic E-state index is 0.0389. The topological polar surface area (TPSA) is 164 Å². The molecule has 2 aromatic heterocycles. The molecule has 4 N–H and O–H groups in total. The van der Waals surface area contributed by atoms with Crippen molar-refractivity contribution in [2.75, 3.05) is 6.61 Å². The summed E-state index contributed by atoms with van der Waals surface area (Å²) in [6, 6.07) is 5.97. The molecule has 1 aliphatic rings. The molecule has 29 heavy (non-hydrogen) atoms. The first-order valence-electron chi connectivity index (χ1n) is 8.54. The van der Waals surface area contributed by atoms with Crippen LogP contribution >= 0.6 is 0 Å². The Hall–Kier alpha value is -2.90. The molecule has 1 aliphatic heterocycles. The van der Waals surface area contributed by atoms with Crippen molar-refractivity contribution in [3.63, 3.8) is 0 Å². The molecule has 12 heteroatoms. The summed E-state index contributed by atoms with van der Waals surface area (Å²) in [5.41, 5.74) is 0.404. The Bertz CT molecular complexity index is 1060. The lowest BCUT2D eigenvalue weighted by Crippen LogP contribution is -2.56. The van der Waals surface area contributed by atoms with E-state index in [9.17, 15) is 34.9 Å². The van der Waals surface area contributed by atoms with Crippen LogP contribution in [0.15, 0.2) is 34.7 Å². The number of hydrogen-bond acceptors (Lipinski definition) is 9. The summed E-state index contributed by atoms with van der Waals surface area (Å²) in [6.45, 7) is -0.649. The average Bonchev–Trinajstić information content (AvgIpc) is 3.31. The number of halogens is 1. The van der Waals surface area contributed by atoms with Crippen LogP contribution < -0.4 is 0 Å². The minimum Gasteiger partial charge on any atom is -0.397 e. The second-order valence-corrected chi connectivity index (χ2v) is 6.55. The molecule has 154 valence electrons. The lowest BCUT2D eigenvalue weighted by atomic mass is 9.98. The first-order valence-corrected chi connectivity index (χ1v) is 8.54. The number of nitro groups is 1. The van der Waals surface area contributed by atoms with E-state index in [1.165, 1.54) is 16.7 Å². The predicted molar refractivity (Wildman–Crippen MR) is 93.1 cm³/mol. The van der Waals surface area contributed by atoms with Gasteiger partial charge in [0.15, 0.2) is 17.8 Å². The van der Waals surface area contributed by atoms with Gasteiger partial charge in [0, 0.05) is 6.07 Å². The number of nitrogens with zero attached hydrogens (tertiary/aromatic N) is 3. The quantitative estimate of drug-likeness (QED) is 0.351. The molecule has 5 atom stereocenters. The highest BCUT2D eigenvalue weighted by atomic mass is 19.1. The van der Waals surface area contributed by atoms with Crippen molar-refractivity contribution in [3.05, 3.63) is 46.3 Å². The van der Waals surface area contributed by atoms with Crippen LogP contribution in [0, 0.1) is 15.9 Å². The van der Waals surface area contributed by atoms with Gasteiger partial charge < -0.3 is 29.6 Å². The summed E-state index contributed by atoms with van der Waals surface area (Å²) >= 11 is 0. The summed E-state index contributed by atoms with van der Waals surface area (Å²) in [4.78, 5) is 14.4. The third-order valence-electron chi connectivity index (χ3n) is 4.77. The molecule has 1 fully saturated rings. The molecule has 0 aliphatic carbocycles. The van der Waals surface area contributed by atoms with E-state index < -0.39 is 53.9 Å². The summed E-state index contributed by atoms with van der Waals surface area (Å²) < 4.78 is 25.7. The van der Waals surface area contributed by atoms with Gasteiger partial charge in [-0.3, -0.25) is 14.7 Å². The highest BCUT2D eigenvalue weighted by Gasteiger charge is 2.45. The van der Waals surface area contributed by atoms with Crippen LogP contribution in [-0.4, -0.2) is 65.9 Å². The lowest BCUT2D eigenvalue weighted by molar-refractivity contribution is -0.401. The molecule has 0 amide bonds. The van der Waals surface area contributed by atoms with Crippen molar-refractivity contribution in [2.45, 2.75) is 30.6 Å². The molecule has 0 saturated carbocycles. The van der Waals surface area contributed by atoms with E-state index >= 15 is 0 Å². The zero-order valence-corrected chi connectivity index (χ0v) is 14.6. The number of furan rings is 1. The third kappa shape index (κ3) is 3.16. The largest absolute Gasteiger partial charge is 0.433 e. The van der Waals surface area contributed by atoms with Crippen LogP contribution in [0.5, 0.6) is 0 Å². The molecular weight excluding hydrogens is 393 g/mol. The maximum atomic E-state index is 13.7. The van der Waals surface area contributed by atoms with E-state index in [2.05, 4.69) is 4.98 Å². The standard InChI is InChI=1S/C17H16FN3O8/c18-7-1-2-9-8(5-7)19-16(10-3-4-12(28-10)21(26)27)20(9)17-15(25)14(24)13(23)11(6-22)29-17/h1-5,11,13-15,17,22-25H,6H2/t11-,13+,14+,15-,17+/m0/s1. The van der Waals surface area contributed by atoms with Gasteiger partial charge in [0.25, 0.3) is 0 Å². The molecule has 0 radical (unpaired) electrons. The minimum atomic E-state index is -1.66. The summed E-state index contributed by atoms with van der Waals surface area (Å²) in [7, 11) is 0. The van der Waals surface area contributed by atoms with Crippen molar-refractivity contribution in [1.29, 1.82) is 0 Å². The Morgan fingerprint density at radius 1 is 1.17 bits per heavy atom. The monoisotopic (exact) mass is 409 g/mol. The normalized spacial score (nSPS) is 27.4. The number of fused-ring (bicyclic) bond motifs is 1. The summed E-state index contributed by atoms with van der Waals surface area (Å²) in [5, 5.41) is 51.0. The number of benzene rings is 1. The molecular formula is C17H16FN3O8. The fourth-order valence-corrected chi connectivity index (χ4v) is 3.34. The van der Waals surface area contributed by atoms with Crippen LogP contribution in [0.25, 0.3) is 22.6 Å². The first-order chi connectivity index (χ1) is 13.8. The molecule has 4 rings (SSSR count). The van der Waals surface area contributed by atoms with Crippen molar-refractivity contribution < 1.29 is 38.9 Å². The van der Waals surface area contributed by atoms with Crippen LogP contribution in [0.2, 0.25) is 0 Å². The number of rotatable bonds is 4.